The van der Waals surface area contributed by atoms with Crippen molar-refractivity contribution in [3.05, 3.63) is 23.8 Å². The average Bonchev–Trinajstić information content (AvgIpc) is 2.92. The molecule has 6 heteroatoms. The van der Waals surface area contributed by atoms with Crippen LogP contribution < -0.4 is 0 Å². The van der Waals surface area contributed by atoms with E-state index in [1.165, 1.54) is 0 Å². The summed E-state index contributed by atoms with van der Waals surface area (Å²) in [5.74, 6) is -0.991. The van der Waals surface area contributed by atoms with Crippen molar-refractivity contribution < 1.29 is 30.0 Å². The number of allylic oxidation sites excluding steroid dienone is 3. The molecule has 0 aromatic carbocycles. The van der Waals surface area contributed by atoms with E-state index in [0.717, 1.165) is 5.57 Å². The van der Waals surface area contributed by atoms with Crippen LogP contribution in [0.2, 0.25) is 0 Å². The van der Waals surface area contributed by atoms with Gasteiger partial charge in [0.1, 0.15) is 12.2 Å². The van der Waals surface area contributed by atoms with Crippen LogP contribution >= 0.6 is 0 Å². The molecule has 6 nitrogen and oxygen atoms in total. The SMILES string of the molecule is C[C@]12C=CC(=O)C=C1[C@@H](CO)C[C@@H]1[C@@H]2[C@@H](O)C[C@@]2(C)[C@H]1CC[C@]2(O)C(=O)CO. The van der Waals surface area contributed by atoms with Crippen molar-refractivity contribution in [1.82, 2.24) is 0 Å². The van der Waals surface area contributed by atoms with Gasteiger partial charge in [0.15, 0.2) is 11.6 Å². The zero-order chi connectivity index (χ0) is 20.5. The molecule has 0 unspecified atom stereocenters. The largest absolute Gasteiger partial charge is 0.396 e. The van der Waals surface area contributed by atoms with Crippen molar-refractivity contribution in [2.75, 3.05) is 13.2 Å². The van der Waals surface area contributed by atoms with E-state index in [1.807, 2.05) is 19.9 Å². The standard InChI is InChI=1S/C22H30O6/c1-20-5-3-13(25)8-16(20)12(10-23)7-14-15-4-6-22(28,18(27)11-24)21(15,2)9-17(26)19(14)20/h3,5,8,12,14-15,17,19,23-24,26,28H,4,6-7,9-11H2,1-2H3/t12-,14+,15+,17+,19-,20+,21+,22+/m1/s1. The lowest BCUT2D eigenvalue weighted by Gasteiger charge is -2.61. The molecule has 4 aliphatic rings. The normalized spacial score (nSPS) is 49.9. The number of fused-ring (bicyclic) bond motifs is 5. The molecule has 3 saturated carbocycles. The highest BCUT2D eigenvalue weighted by atomic mass is 16.3. The third kappa shape index (κ3) is 2.35. The van der Waals surface area contributed by atoms with Crippen molar-refractivity contribution in [2.45, 2.75) is 51.2 Å². The first-order valence-corrected chi connectivity index (χ1v) is 10.2. The molecule has 0 saturated heterocycles. The average molecular weight is 390 g/mol. The first-order valence-electron chi connectivity index (χ1n) is 10.2. The Kier molecular flexibility index (Phi) is 4.51. The van der Waals surface area contributed by atoms with Crippen molar-refractivity contribution >= 4 is 11.6 Å². The van der Waals surface area contributed by atoms with Gasteiger partial charge in [-0.25, -0.2) is 0 Å². The fourth-order valence-corrected chi connectivity index (χ4v) is 7.32. The van der Waals surface area contributed by atoms with E-state index in [-0.39, 0.29) is 48.9 Å². The summed E-state index contributed by atoms with van der Waals surface area (Å²) in [7, 11) is 0. The molecule has 0 aliphatic heterocycles. The Labute approximate surface area is 165 Å². The van der Waals surface area contributed by atoms with Crippen molar-refractivity contribution in [1.29, 1.82) is 0 Å². The number of carbonyl (C=O) groups excluding carboxylic acids is 2. The topological polar surface area (TPSA) is 115 Å². The Morgan fingerprint density at radius 2 is 2.00 bits per heavy atom. The second kappa shape index (κ2) is 6.33. The number of Topliss-reactive ketones (excluding diaryl/α,β-unsaturated/α-hetero) is 1. The molecule has 0 radical (unpaired) electrons. The summed E-state index contributed by atoms with van der Waals surface area (Å²) in [5, 5.41) is 41.9. The number of aliphatic hydroxyl groups is 4. The third-order valence-electron chi connectivity index (χ3n) is 8.63. The summed E-state index contributed by atoms with van der Waals surface area (Å²) in [6.07, 6.45) is 6.08. The van der Waals surface area contributed by atoms with Crippen molar-refractivity contribution in [3.63, 3.8) is 0 Å². The second-order valence-electron chi connectivity index (χ2n) is 9.70. The van der Waals surface area contributed by atoms with Gasteiger partial charge in [-0.15, -0.1) is 0 Å². The zero-order valence-electron chi connectivity index (χ0n) is 16.5. The Morgan fingerprint density at radius 1 is 1.29 bits per heavy atom. The number of rotatable bonds is 3. The van der Waals surface area contributed by atoms with Gasteiger partial charge >= 0.3 is 0 Å². The maximum absolute atomic E-state index is 12.4. The van der Waals surface area contributed by atoms with E-state index in [4.69, 9.17) is 0 Å². The molecule has 0 heterocycles. The quantitative estimate of drug-likeness (QED) is 0.566. The minimum atomic E-state index is -1.64. The molecule has 4 aliphatic carbocycles. The second-order valence-corrected chi connectivity index (χ2v) is 9.70. The van der Waals surface area contributed by atoms with Crippen LogP contribution in [0.5, 0.6) is 0 Å². The molecule has 4 rings (SSSR count). The molecule has 0 aromatic heterocycles. The smallest absolute Gasteiger partial charge is 0.190 e. The molecular formula is C22H30O6. The molecule has 0 aromatic rings. The first kappa shape index (κ1) is 20.0. The highest BCUT2D eigenvalue weighted by molar-refractivity contribution is 6.01. The van der Waals surface area contributed by atoms with E-state index in [0.29, 0.717) is 12.8 Å². The Hall–Kier alpha value is -1.34. The molecule has 0 amide bonds. The first-order chi connectivity index (χ1) is 13.1. The van der Waals surface area contributed by atoms with E-state index < -0.39 is 34.9 Å². The molecule has 4 N–H and O–H groups in total. The summed E-state index contributed by atoms with van der Waals surface area (Å²) >= 11 is 0. The predicted molar refractivity (Wildman–Crippen MR) is 101 cm³/mol. The van der Waals surface area contributed by atoms with E-state index in [2.05, 4.69) is 0 Å². The molecule has 28 heavy (non-hydrogen) atoms. The van der Waals surface area contributed by atoms with Crippen molar-refractivity contribution in [3.8, 4) is 0 Å². The molecule has 154 valence electrons. The van der Waals surface area contributed by atoms with Crippen LogP contribution in [0.4, 0.5) is 0 Å². The van der Waals surface area contributed by atoms with Crippen LogP contribution in [0, 0.1) is 34.5 Å². The summed E-state index contributed by atoms with van der Waals surface area (Å²) in [6.45, 7) is 3.09. The van der Waals surface area contributed by atoms with Gasteiger partial charge in [0, 0.05) is 29.3 Å². The van der Waals surface area contributed by atoms with Gasteiger partial charge in [0.2, 0.25) is 0 Å². The molecule has 0 spiro atoms. The monoisotopic (exact) mass is 390 g/mol. The predicted octanol–water partition coefficient (Wildman–Crippen LogP) is 0.776. The van der Waals surface area contributed by atoms with E-state index >= 15 is 0 Å². The van der Waals surface area contributed by atoms with Crippen LogP contribution in [0.25, 0.3) is 0 Å². The highest BCUT2D eigenvalue weighted by Gasteiger charge is 2.68. The number of ketones is 2. The fraction of sp³-hybridized carbons (Fsp3) is 0.727. The highest BCUT2D eigenvalue weighted by Crippen LogP contribution is 2.67. The third-order valence-corrected chi connectivity index (χ3v) is 8.63. The molecular weight excluding hydrogens is 360 g/mol. The van der Waals surface area contributed by atoms with Crippen LogP contribution in [-0.4, -0.2) is 56.9 Å². The van der Waals surface area contributed by atoms with Gasteiger partial charge in [-0.05, 0) is 49.7 Å². The fourth-order valence-electron chi connectivity index (χ4n) is 7.32. The number of aliphatic hydroxyl groups excluding tert-OH is 3. The van der Waals surface area contributed by atoms with Crippen LogP contribution in [0.3, 0.4) is 0 Å². The van der Waals surface area contributed by atoms with Crippen molar-refractivity contribution in [2.24, 2.45) is 34.5 Å². The lowest BCUT2D eigenvalue weighted by Crippen LogP contribution is -2.62. The van der Waals surface area contributed by atoms with Gasteiger partial charge < -0.3 is 20.4 Å². The summed E-state index contributed by atoms with van der Waals surface area (Å²) in [6, 6.07) is 0. The number of hydrogen-bond acceptors (Lipinski definition) is 6. The van der Waals surface area contributed by atoms with Crippen LogP contribution in [0.1, 0.15) is 39.5 Å². The van der Waals surface area contributed by atoms with Gasteiger partial charge in [0.25, 0.3) is 0 Å². The van der Waals surface area contributed by atoms with Gasteiger partial charge in [-0.2, -0.15) is 0 Å². The maximum Gasteiger partial charge on any atom is 0.190 e. The lowest BCUT2D eigenvalue weighted by atomic mass is 9.44. The van der Waals surface area contributed by atoms with Gasteiger partial charge in [-0.3, -0.25) is 9.59 Å². The molecule has 3 fully saturated rings. The van der Waals surface area contributed by atoms with Gasteiger partial charge in [-0.1, -0.05) is 25.5 Å². The summed E-state index contributed by atoms with van der Waals surface area (Å²) in [5.41, 5.74) is -2.11. The number of hydrogen-bond donors (Lipinski definition) is 4. The van der Waals surface area contributed by atoms with Crippen LogP contribution in [0.15, 0.2) is 23.8 Å². The summed E-state index contributed by atoms with van der Waals surface area (Å²) < 4.78 is 0. The number of carbonyl (C=O) groups is 2. The lowest BCUT2D eigenvalue weighted by molar-refractivity contribution is -0.181. The Morgan fingerprint density at radius 3 is 2.64 bits per heavy atom. The minimum Gasteiger partial charge on any atom is -0.396 e. The summed E-state index contributed by atoms with van der Waals surface area (Å²) in [4.78, 5) is 24.4. The maximum atomic E-state index is 12.4. The molecule has 8 atom stereocenters. The van der Waals surface area contributed by atoms with E-state index in [9.17, 15) is 30.0 Å². The molecule has 0 bridgehead atoms. The Balaban J connectivity index is 1.79. The van der Waals surface area contributed by atoms with Crippen LogP contribution in [-0.2, 0) is 9.59 Å². The Bertz CT molecular complexity index is 771. The van der Waals surface area contributed by atoms with E-state index in [1.54, 1.807) is 12.2 Å². The van der Waals surface area contributed by atoms with Gasteiger partial charge in [0.05, 0.1) is 6.10 Å². The minimum absolute atomic E-state index is 0.000136. The zero-order valence-corrected chi connectivity index (χ0v) is 16.5.